The summed E-state index contributed by atoms with van der Waals surface area (Å²) in [7, 11) is 0. The second kappa shape index (κ2) is 2.09. The Hall–Kier alpha value is -0.630. The van der Waals surface area contributed by atoms with Crippen LogP contribution in [0.3, 0.4) is 0 Å². The molecule has 46 valence electrons. The molecule has 0 aromatic carbocycles. The Labute approximate surface area is 48.8 Å². The quantitative estimate of drug-likeness (QED) is 0.419. The van der Waals surface area contributed by atoms with Gasteiger partial charge in [0.2, 0.25) is 0 Å². The number of hydrogen-bond donors (Lipinski definition) is 1. The highest BCUT2D eigenvalue weighted by molar-refractivity contribution is 5.66. The predicted octanol–water partition coefficient (Wildman–Crippen LogP) is 0.512. The molecule has 0 amide bonds. The van der Waals surface area contributed by atoms with Gasteiger partial charge in [0, 0.05) is 0 Å². The third-order valence-corrected chi connectivity index (χ3v) is 1.09. The molecule has 0 radical (unpaired) electrons. The van der Waals surface area contributed by atoms with E-state index in [9.17, 15) is 4.79 Å². The van der Waals surface area contributed by atoms with Crippen LogP contribution < -0.4 is 0 Å². The van der Waals surface area contributed by atoms with E-state index < -0.39 is 5.60 Å². The maximum absolute atomic E-state index is 9.96. The Morgan fingerprint density at radius 1 is 1.88 bits per heavy atom. The van der Waals surface area contributed by atoms with Gasteiger partial charge in [-0.2, -0.15) is 0 Å². The fourth-order valence-corrected chi connectivity index (χ4v) is 0.101. The van der Waals surface area contributed by atoms with Gasteiger partial charge in [-0.25, -0.2) is 0 Å². The summed E-state index contributed by atoms with van der Waals surface area (Å²) in [5, 5.41) is 8.93. The van der Waals surface area contributed by atoms with Gasteiger partial charge in [-0.05, 0) is 19.4 Å². The van der Waals surface area contributed by atoms with Gasteiger partial charge in [-0.1, -0.05) is 6.58 Å². The summed E-state index contributed by atoms with van der Waals surface area (Å²) in [6, 6.07) is 0. The molecule has 0 aliphatic carbocycles. The topological polar surface area (TPSA) is 37.3 Å². The van der Waals surface area contributed by atoms with Crippen LogP contribution in [0.1, 0.15) is 13.8 Å². The average molecular weight is 114 g/mol. The fraction of sp³-hybridized carbons (Fsp3) is 0.500. The van der Waals surface area contributed by atoms with E-state index in [1.807, 2.05) is 0 Å². The molecule has 0 aliphatic heterocycles. The van der Waals surface area contributed by atoms with Crippen LogP contribution in [0.25, 0.3) is 0 Å². The lowest BCUT2D eigenvalue weighted by molar-refractivity contribution is -0.119. The summed E-state index contributed by atoms with van der Waals surface area (Å²) >= 11 is 0. The Balaban J connectivity index is 4.12. The predicted molar refractivity (Wildman–Crippen MR) is 31.5 cm³/mol. The molecule has 2 heteroatoms. The average Bonchev–Trinajstić information content (AvgIpc) is 1.67. The largest absolute Gasteiger partial charge is 0.378 e. The molecule has 0 fully saturated rings. The lowest BCUT2D eigenvalue weighted by Crippen LogP contribution is -2.26. The Morgan fingerprint density at radius 2 is 2.25 bits per heavy atom. The number of hydrogen-bond acceptors (Lipinski definition) is 2. The van der Waals surface area contributed by atoms with Crippen molar-refractivity contribution < 1.29 is 9.90 Å². The zero-order valence-corrected chi connectivity index (χ0v) is 5.14. The summed E-state index contributed by atoms with van der Waals surface area (Å²) in [6.45, 7) is 6.43. The molecule has 1 N–H and O–H groups in total. The van der Waals surface area contributed by atoms with Crippen LogP contribution in [-0.2, 0) is 4.79 Å². The maximum atomic E-state index is 9.96. The van der Waals surface area contributed by atoms with Crippen molar-refractivity contribution in [2.75, 3.05) is 0 Å². The van der Waals surface area contributed by atoms with Gasteiger partial charge in [0.15, 0.2) is 6.29 Å². The van der Waals surface area contributed by atoms with E-state index in [1.165, 1.54) is 6.92 Å². The van der Waals surface area contributed by atoms with Gasteiger partial charge in [0.1, 0.15) is 5.60 Å². The first-order chi connectivity index (χ1) is 3.50. The molecule has 0 aromatic heterocycles. The lowest BCUT2D eigenvalue weighted by Gasteiger charge is -2.13. The zero-order valence-electron chi connectivity index (χ0n) is 5.14. The molecule has 0 saturated carbocycles. The minimum Gasteiger partial charge on any atom is -0.378 e. The molecule has 2 nitrogen and oxygen atoms in total. The van der Waals surface area contributed by atoms with Crippen molar-refractivity contribution in [1.29, 1.82) is 0 Å². The summed E-state index contributed by atoms with van der Waals surface area (Å²) in [4.78, 5) is 9.96. The summed E-state index contributed by atoms with van der Waals surface area (Å²) in [6.07, 6.45) is 0.468. The summed E-state index contributed by atoms with van der Waals surface area (Å²) in [5.41, 5.74) is -0.868. The molecule has 0 saturated heterocycles. The van der Waals surface area contributed by atoms with E-state index in [0.29, 0.717) is 11.9 Å². The smallest absolute Gasteiger partial charge is 0.155 e. The first kappa shape index (κ1) is 7.37. The van der Waals surface area contributed by atoms with Crippen molar-refractivity contribution in [2.45, 2.75) is 19.4 Å². The number of aliphatic hydroxyl groups is 1. The van der Waals surface area contributed by atoms with E-state index in [4.69, 9.17) is 5.11 Å². The highest BCUT2D eigenvalue weighted by Crippen LogP contribution is 2.08. The summed E-state index contributed by atoms with van der Waals surface area (Å²) < 4.78 is 0. The van der Waals surface area contributed by atoms with Crippen LogP contribution in [0.5, 0.6) is 0 Å². The Morgan fingerprint density at radius 3 is 2.25 bits per heavy atom. The molecule has 1 unspecified atom stereocenters. The van der Waals surface area contributed by atoms with Crippen molar-refractivity contribution in [3.63, 3.8) is 0 Å². The van der Waals surface area contributed by atoms with Gasteiger partial charge in [0.25, 0.3) is 0 Å². The lowest BCUT2D eigenvalue weighted by atomic mass is 10.0. The molecular weight excluding hydrogens is 104 g/mol. The van der Waals surface area contributed by atoms with Crippen molar-refractivity contribution in [1.82, 2.24) is 0 Å². The first-order valence-electron chi connectivity index (χ1n) is 2.35. The first-order valence-corrected chi connectivity index (χ1v) is 2.35. The van der Waals surface area contributed by atoms with Gasteiger partial charge in [-0.15, -0.1) is 0 Å². The molecule has 0 aromatic rings. The van der Waals surface area contributed by atoms with E-state index in [1.54, 1.807) is 6.92 Å². The van der Waals surface area contributed by atoms with E-state index in [-0.39, 0.29) is 0 Å². The zero-order chi connectivity index (χ0) is 6.78. The molecule has 8 heavy (non-hydrogen) atoms. The number of rotatable bonds is 2. The molecule has 0 rings (SSSR count). The second-order valence-corrected chi connectivity index (χ2v) is 2.05. The number of carbonyl (C=O) groups is 1. The normalized spacial score (nSPS) is 16.9. The Kier molecular flexibility index (Phi) is 1.93. The molecule has 0 aliphatic rings. The van der Waals surface area contributed by atoms with E-state index >= 15 is 0 Å². The maximum Gasteiger partial charge on any atom is 0.155 e. The molecular formula is C6H10O2. The minimum absolute atomic E-state index is 0.465. The number of aldehydes is 1. The molecule has 0 spiro atoms. The second-order valence-electron chi connectivity index (χ2n) is 2.05. The monoisotopic (exact) mass is 114 g/mol. The van der Waals surface area contributed by atoms with Crippen LogP contribution in [0.4, 0.5) is 0 Å². The van der Waals surface area contributed by atoms with Gasteiger partial charge >= 0.3 is 0 Å². The van der Waals surface area contributed by atoms with Gasteiger partial charge in [0.05, 0.1) is 0 Å². The van der Waals surface area contributed by atoms with Gasteiger partial charge in [-0.3, -0.25) is 4.79 Å². The van der Waals surface area contributed by atoms with Crippen LogP contribution in [0.15, 0.2) is 12.2 Å². The van der Waals surface area contributed by atoms with Crippen LogP contribution in [0, 0.1) is 0 Å². The van der Waals surface area contributed by atoms with E-state index in [2.05, 4.69) is 6.58 Å². The Bertz CT molecular complexity index is 114. The van der Waals surface area contributed by atoms with Crippen LogP contribution in [0.2, 0.25) is 0 Å². The third-order valence-electron chi connectivity index (χ3n) is 1.09. The van der Waals surface area contributed by atoms with Crippen molar-refractivity contribution in [3.8, 4) is 0 Å². The minimum atomic E-state index is -1.33. The van der Waals surface area contributed by atoms with Crippen LogP contribution in [-0.4, -0.2) is 17.0 Å². The highest BCUT2D eigenvalue weighted by Gasteiger charge is 2.18. The fourth-order valence-electron chi connectivity index (χ4n) is 0.101. The standard InChI is InChI=1S/C6H10O2/c1-5(2)6(3,8)4-7/h4,8H,1H2,2-3H3. The van der Waals surface area contributed by atoms with Crippen molar-refractivity contribution >= 4 is 6.29 Å². The third kappa shape index (κ3) is 1.46. The molecule has 1 atom stereocenters. The van der Waals surface area contributed by atoms with E-state index in [0.717, 1.165) is 0 Å². The van der Waals surface area contributed by atoms with Crippen LogP contribution >= 0.6 is 0 Å². The molecule has 0 heterocycles. The summed E-state index contributed by atoms with van der Waals surface area (Å²) in [5.74, 6) is 0. The number of carbonyl (C=O) groups excluding carboxylic acids is 1. The van der Waals surface area contributed by atoms with Gasteiger partial charge < -0.3 is 5.11 Å². The SMILES string of the molecule is C=C(C)C(C)(O)C=O. The van der Waals surface area contributed by atoms with Crippen molar-refractivity contribution in [2.24, 2.45) is 0 Å². The molecule has 0 bridgehead atoms. The van der Waals surface area contributed by atoms with Crippen molar-refractivity contribution in [3.05, 3.63) is 12.2 Å². The highest BCUT2D eigenvalue weighted by atomic mass is 16.3.